The molecule has 5 rings (SSSR count). The first-order valence-corrected chi connectivity index (χ1v) is 12.6. The van der Waals surface area contributed by atoms with Crippen LogP contribution in [0.1, 0.15) is 15.9 Å². The minimum absolute atomic E-state index is 0.118. The number of ether oxygens (including phenoxy) is 2. The zero-order valence-electron chi connectivity index (χ0n) is 19.4. The van der Waals surface area contributed by atoms with Crippen LogP contribution in [0.3, 0.4) is 0 Å². The van der Waals surface area contributed by atoms with Crippen LogP contribution in [0.2, 0.25) is 5.02 Å². The fourth-order valence-corrected chi connectivity index (χ4v) is 4.85. The number of rotatable bonds is 7. The normalized spacial score (nSPS) is 14.4. The van der Waals surface area contributed by atoms with Crippen molar-refractivity contribution in [3.63, 3.8) is 0 Å². The third-order valence-corrected chi connectivity index (χ3v) is 6.81. The molecule has 0 atom stereocenters. The number of hydrogen-bond donors (Lipinski definition) is 0. The number of fused-ring (bicyclic) bond motifs is 1. The molecule has 37 heavy (non-hydrogen) atoms. The lowest BCUT2D eigenvalue weighted by molar-refractivity contribution is -0.123. The SMILES string of the molecule is O=C(Oc1cccc(/C=C2\SC(=O)N(CCOc3ccc(Cl)cc3)C2=O)c1)c1cccc2ccccc12. The molecule has 1 saturated heterocycles. The summed E-state index contributed by atoms with van der Waals surface area (Å²) in [6, 6.07) is 26.7. The van der Waals surface area contributed by atoms with Gasteiger partial charge in [-0.1, -0.05) is 60.1 Å². The van der Waals surface area contributed by atoms with E-state index in [1.807, 2.05) is 36.4 Å². The number of imide groups is 1. The first kappa shape index (κ1) is 24.6. The summed E-state index contributed by atoms with van der Waals surface area (Å²) in [6.45, 7) is 0.278. The Morgan fingerprint density at radius 2 is 1.65 bits per heavy atom. The Morgan fingerprint density at radius 3 is 2.49 bits per heavy atom. The van der Waals surface area contributed by atoms with Crippen molar-refractivity contribution >= 4 is 57.3 Å². The van der Waals surface area contributed by atoms with Gasteiger partial charge in [0.2, 0.25) is 0 Å². The van der Waals surface area contributed by atoms with Gasteiger partial charge in [-0.3, -0.25) is 14.5 Å². The van der Waals surface area contributed by atoms with E-state index in [2.05, 4.69) is 0 Å². The highest BCUT2D eigenvalue weighted by atomic mass is 35.5. The molecule has 4 aromatic carbocycles. The van der Waals surface area contributed by atoms with Crippen LogP contribution >= 0.6 is 23.4 Å². The Labute approximate surface area is 222 Å². The second-order valence-corrected chi connectivity index (χ2v) is 9.55. The quantitative estimate of drug-likeness (QED) is 0.148. The summed E-state index contributed by atoms with van der Waals surface area (Å²) >= 11 is 6.73. The van der Waals surface area contributed by atoms with Crippen LogP contribution < -0.4 is 9.47 Å². The van der Waals surface area contributed by atoms with E-state index in [1.54, 1.807) is 60.7 Å². The Kier molecular flexibility index (Phi) is 7.25. The summed E-state index contributed by atoms with van der Waals surface area (Å²) in [7, 11) is 0. The fraction of sp³-hybridized carbons (Fsp3) is 0.0690. The van der Waals surface area contributed by atoms with Crippen LogP contribution in [0.25, 0.3) is 16.8 Å². The molecular formula is C29H20ClNO5S. The lowest BCUT2D eigenvalue weighted by atomic mass is 10.0. The third-order valence-electron chi connectivity index (χ3n) is 5.65. The highest BCUT2D eigenvalue weighted by Crippen LogP contribution is 2.32. The molecule has 6 nitrogen and oxygen atoms in total. The summed E-state index contributed by atoms with van der Waals surface area (Å²) in [5.74, 6) is 0.0619. The van der Waals surface area contributed by atoms with Crippen LogP contribution in [-0.4, -0.2) is 35.2 Å². The molecule has 0 aromatic heterocycles. The first-order valence-electron chi connectivity index (χ1n) is 11.4. The molecule has 0 radical (unpaired) electrons. The zero-order valence-corrected chi connectivity index (χ0v) is 21.0. The summed E-state index contributed by atoms with van der Waals surface area (Å²) < 4.78 is 11.2. The molecule has 8 heteroatoms. The number of benzene rings is 4. The Balaban J connectivity index is 1.25. The van der Waals surface area contributed by atoms with Gasteiger partial charge in [0.15, 0.2) is 0 Å². The molecule has 0 unspecified atom stereocenters. The number of hydrogen-bond acceptors (Lipinski definition) is 6. The maximum Gasteiger partial charge on any atom is 0.344 e. The van der Waals surface area contributed by atoms with Gasteiger partial charge in [0.1, 0.15) is 18.1 Å². The first-order chi connectivity index (χ1) is 18.0. The Hall–Kier alpha value is -4.07. The number of nitrogens with zero attached hydrogens (tertiary/aromatic N) is 1. The lowest BCUT2D eigenvalue weighted by Crippen LogP contribution is -2.32. The van der Waals surface area contributed by atoms with Gasteiger partial charge in [-0.15, -0.1) is 0 Å². The van der Waals surface area contributed by atoms with Crippen LogP contribution in [-0.2, 0) is 4.79 Å². The van der Waals surface area contributed by atoms with Crippen molar-refractivity contribution in [3.05, 3.63) is 112 Å². The molecule has 0 spiro atoms. The fourth-order valence-electron chi connectivity index (χ4n) is 3.86. The van der Waals surface area contributed by atoms with Crippen molar-refractivity contribution in [3.8, 4) is 11.5 Å². The summed E-state index contributed by atoms with van der Waals surface area (Å²) in [5, 5.41) is 1.98. The molecule has 0 bridgehead atoms. The van der Waals surface area contributed by atoms with Gasteiger partial charge in [-0.05, 0) is 76.6 Å². The smallest absolute Gasteiger partial charge is 0.344 e. The molecule has 0 aliphatic carbocycles. The maximum absolute atomic E-state index is 12.9. The van der Waals surface area contributed by atoms with E-state index in [4.69, 9.17) is 21.1 Å². The average molecular weight is 530 g/mol. The molecule has 0 N–H and O–H groups in total. The predicted octanol–water partition coefficient (Wildman–Crippen LogP) is 6.83. The average Bonchev–Trinajstić information content (AvgIpc) is 3.17. The number of carbonyl (C=O) groups is 3. The molecule has 1 aliphatic heterocycles. The molecule has 4 aromatic rings. The van der Waals surface area contributed by atoms with Gasteiger partial charge in [-0.2, -0.15) is 0 Å². The number of esters is 1. The van der Waals surface area contributed by atoms with Crippen molar-refractivity contribution in [1.82, 2.24) is 4.90 Å². The van der Waals surface area contributed by atoms with Gasteiger partial charge >= 0.3 is 5.97 Å². The molecule has 0 saturated carbocycles. The molecular weight excluding hydrogens is 510 g/mol. The van der Waals surface area contributed by atoms with E-state index in [9.17, 15) is 14.4 Å². The largest absolute Gasteiger partial charge is 0.492 e. The Bertz CT molecular complexity index is 1530. The maximum atomic E-state index is 12.9. The van der Waals surface area contributed by atoms with E-state index < -0.39 is 11.9 Å². The number of carbonyl (C=O) groups excluding carboxylic acids is 3. The van der Waals surface area contributed by atoms with Crippen LogP contribution in [0.15, 0.2) is 95.9 Å². The van der Waals surface area contributed by atoms with Crippen molar-refractivity contribution in [2.75, 3.05) is 13.2 Å². The van der Waals surface area contributed by atoms with Crippen molar-refractivity contribution in [2.45, 2.75) is 0 Å². The third kappa shape index (κ3) is 5.69. The van der Waals surface area contributed by atoms with Crippen molar-refractivity contribution in [2.24, 2.45) is 0 Å². The number of halogens is 1. The van der Waals surface area contributed by atoms with E-state index in [0.29, 0.717) is 27.6 Å². The lowest BCUT2D eigenvalue weighted by Gasteiger charge is -2.13. The summed E-state index contributed by atoms with van der Waals surface area (Å²) in [4.78, 5) is 39.6. The second kappa shape index (κ2) is 10.9. The van der Waals surface area contributed by atoms with Crippen molar-refractivity contribution < 1.29 is 23.9 Å². The number of amides is 2. The summed E-state index contributed by atoms with van der Waals surface area (Å²) in [6.07, 6.45) is 1.61. The van der Waals surface area contributed by atoms with Crippen molar-refractivity contribution in [1.29, 1.82) is 0 Å². The van der Waals surface area contributed by atoms with Gasteiger partial charge < -0.3 is 9.47 Å². The highest BCUT2D eigenvalue weighted by molar-refractivity contribution is 8.18. The van der Waals surface area contributed by atoms with Crippen LogP contribution in [0.5, 0.6) is 11.5 Å². The molecule has 1 aliphatic rings. The van der Waals surface area contributed by atoms with Gasteiger partial charge in [-0.25, -0.2) is 4.79 Å². The van der Waals surface area contributed by atoms with Gasteiger partial charge in [0, 0.05) is 5.02 Å². The monoisotopic (exact) mass is 529 g/mol. The van der Waals surface area contributed by atoms with E-state index in [0.717, 1.165) is 27.4 Å². The van der Waals surface area contributed by atoms with E-state index in [-0.39, 0.29) is 23.3 Å². The standard InChI is InChI=1S/C29H20ClNO5S/c30-21-11-13-22(14-12-21)35-16-15-31-27(32)26(37-29(31)34)18-19-5-3-8-23(17-19)36-28(33)25-10-4-7-20-6-1-2-9-24(20)25/h1-14,17-18H,15-16H2/b26-18-. The molecule has 1 heterocycles. The second-order valence-electron chi connectivity index (χ2n) is 8.12. The van der Waals surface area contributed by atoms with Crippen LogP contribution in [0.4, 0.5) is 4.79 Å². The molecule has 184 valence electrons. The predicted molar refractivity (Wildman–Crippen MR) is 145 cm³/mol. The molecule has 1 fully saturated rings. The summed E-state index contributed by atoms with van der Waals surface area (Å²) in [5.41, 5.74) is 1.09. The highest BCUT2D eigenvalue weighted by Gasteiger charge is 2.34. The van der Waals surface area contributed by atoms with Gasteiger partial charge in [0.25, 0.3) is 11.1 Å². The topological polar surface area (TPSA) is 72.9 Å². The number of thioether (sulfide) groups is 1. The van der Waals surface area contributed by atoms with E-state index in [1.165, 1.54) is 0 Å². The van der Waals surface area contributed by atoms with Gasteiger partial charge in [0.05, 0.1) is 17.0 Å². The zero-order chi connectivity index (χ0) is 25.8. The van der Waals surface area contributed by atoms with Crippen LogP contribution in [0, 0.1) is 0 Å². The molecule has 2 amide bonds. The Morgan fingerprint density at radius 1 is 0.892 bits per heavy atom. The minimum atomic E-state index is -0.477. The van der Waals surface area contributed by atoms with E-state index >= 15 is 0 Å². The minimum Gasteiger partial charge on any atom is -0.492 e.